The zero-order valence-electron chi connectivity index (χ0n) is 10.5. The molecule has 1 heterocycles. The predicted molar refractivity (Wildman–Crippen MR) is 70.9 cm³/mol. The topological polar surface area (TPSA) is 59.1 Å². The van der Waals surface area contributed by atoms with E-state index >= 15 is 0 Å². The van der Waals surface area contributed by atoms with E-state index < -0.39 is 15.8 Å². The molecule has 0 unspecified atom stereocenters. The van der Waals surface area contributed by atoms with Crippen LogP contribution in [0.5, 0.6) is 0 Å². The van der Waals surface area contributed by atoms with Gasteiger partial charge in [0.2, 0.25) is 0 Å². The first kappa shape index (κ1) is 13.5. The summed E-state index contributed by atoms with van der Waals surface area (Å²) in [6, 6.07) is 5.22. The molecule has 0 bridgehead atoms. The summed E-state index contributed by atoms with van der Waals surface area (Å²) in [7, 11) is -3.73. The molecule has 19 heavy (non-hydrogen) atoms. The number of hydrogen-bond acceptors (Lipinski definition) is 3. The second kappa shape index (κ2) is 4.97. The first-order valence-corrected chi connectivity index (χ1v) is 7.07. The molecule has 2 aromatic rings. The number of halogens is 1. The van der Waals surface area contributed by atoms with E-state index in [0.717, 1.165) is 11.6 Å². The Morgan fingerprint density at radius 3 is 2.53 bits per heavy atom. The molecule has 0 fully saturated rings. The Labute approximate surface area is 111 Å². The highest BCUT2D eigenvalue weighted by molar-refractivity contribution is 7.92. The number of sulfonamides is 1. The number of rotatable bonds is 3. The van der Waals surface area contributed by atoms with Crippen molar-refractivity contribution in [2.24, 2.45) is 0 Å². The van der Waals surface area contributed by atoms with Crippen molar-refractivity contribution in [1.29, 1.82) is 0 Å². The average Bonchev–Trinajstić information content (AvgIpc) is 2.27. The molecule has 1 N–H and O–H groups in total. The first-order chi connectivity index (χ1) is 8.88. The van der Waals surface area contributed by atoms with E-state index in [-0.39, 0.29) is 4.90 Å². The van der Waals surface area contributed by atoms with Crippen molar-refractivity contribution >= 4 is 15.7 Å². The van der Waals surface area contributed by atoms with E-state index in [0.29, 0.717) is 11.3 Å². The Morgan fingerprint density at radius 2 is 1.89 bits per heavy atom. The van der Waals surface area contributed by atoms with Gasteiger partial charge in [-0.1, -0.05) is 0 Å². The molecular formula is C13H13FN2O2S. The van der Waals surface area contributed by atoms with Gasteiger partial charge in [-0.05, 0) is 49.2 Å². The van der Waals surface area contributed by atoms with Crippen molar-refractivity contribution in [3.8, 4) is 0 Å². The predicted octanol–water partition coefficient (Wildman–Crippen LogP) is 2.64. The molecule has 6 heteroatoms. The molecule has 0 radical (unpaired) electrons. The summed E-state index contributed by atoms with van der Waals surface area (Å²) in [5.74, 6) is -0.464. The maximum absolute atomic E-state index is 13.0. The number of benzene rings is 1. The Hall–Kier alpha value is -1.95. The van der Waals surface area contributed by atoms with E-state index in [1.807, 2.05) is 6.92 Å². The third-order valence-corrected chi connectivity index (χ3v) is 4.10. The van der Waals surface area contributed by atoms with E-state index in [2.05, 4.69) is 9.71 Å². The minimum atomic E-state index is -3.73. The highest BCUT2D eigenvalue weighted by Gasteiger charge is 2.17. The average molecular weight is 280 g/mol. The van der Waals surface area contributed by atoms with Crippen molar-refractivity contribution in [2.75, 3.05) is 4.72 Å². The van der Waals surface area contributed by atoms with E-state index in [9.17, 15) is 12.8 Å². The van der Waals surface area contributed by atoms with E-state index in [1.165, 1.54) is 18.3 Å². The SMILES string of the molecule is Cc1cncc(NS(=O)(=O)c2ccc(F)cc2C)c1. The number of nitrogens with one attached hydrogen (secondary N) is 1. The zero-order valence-corrected chi connectivity index (χ0v) is 11.3. The molecule has 0 aliphatic rings. The lowest BCUT2D eigenvalue weighted by molar-refractivity contribution is 0.598. The van der Waals surface area contributed by atoms with Crippen molar-refractivity contribution in [2.45, 2.75) is 18.7 Å². The summed E-state index contributed by atoms with van der Waals surface area (Å²) in [5.41, 5.74) is 1.58. The van der Waals surface area contributed by atoms with Gasteiger partial charge in [-0.2, -0.15) is 0 Å². The first-order valence-electron chi connectivity index (χ1n) is 5.59. The number of aryl methyl sites for hydroxylation is 2. The summed E-state index contributed by atoms with van der Waals surface area (Å²) in [6.07, 6.45) is 3.05. The van der Waals surface area contributed by atoms with Gasteiger partial charge in [-0.15, -0.1) is 0 Å². The summed E-state index contributed by atoms with van der Waals surface area (Å²) in [4.78, 5) is 3.96. The Bertz CT molecular complexity index is 714. The summed E-state index contributed by atoms with van der Waals surface area (Å²) in [6.45, 7) is 3.36. The van der Waals surface area contributed by atoms with Crippen molar-refractivity contribution < 1.29 is 12.8 Å². The van der Waals surface area contributed by atoms with Crippen LogP contribution >= 0.6 is 0 Å². The number of aromatic nitrogens is 1. The van der Waals surface area contributed by atoms with E-state index in [4.69, 9.17) is 0 Å². The second-order valence-corrected chi connectivity index (χ2v) is 5.92. The van der Waals surface area contributed by atoms with Crippen LogP contribution in [0.15, 0.2) is 41.6 Å². The van der Waals surface area contributed by atoms with Crippen LogP contribution in [0, 0.1) is 19.7 Å². The largest absolute Gasteiger partial charge is 0.278 e. The Kier molecular flexibility index (Phi) is 3.53. The highest BCUT2D eigenvalue weighted by atomic mass is 32.2. The standard InChI is InChI=1S/C13H13FN2O2S/c1-9-5-12(8-15-7-9)16-19(17,18)13-4-3-11(14)6-10(13)2/h3-8,16H,1-2H3. The smallest absolute Gasteiger partial charge is 0.262 e. The molecular weight excluding hydrogens is 267 g/mol. The number of nitrogens with zero attached hydrogens (tertiary/aromatic N) is 1. The van der Waals surface area contributed by atoms with Crippen LogP contribution in [0.2, 0.25) is 0 Å². The maximum atomic E-state index is 13.0. The fourth-order valence-corrected chi connectivity index (χ4v) is 3.00. The second-order valence-electron chi connectivity index (χ2n) is 4.27. The molecule has 4 nitrogen and oxygen atoms in total. The van der Waals surface area contributed by atoms with Gasteiger partial charge < -0.3 is 0 Å². The van der Waals surface area contributed by atoms with Crippen LogP contribution in [0.1, 0.15) is 11.1 Å². The molecule has 0 aliphatic carbocycles. The molecule has 0 amide bonds. The van der Waals surface area contributed by atoms with Gasteiger partial charge in [0.1, 0.15) is 5.82 Å². The fourth-order valence-electron chi connectivity index (χ4n) is 1.74. The molecule has 1 aromatic carbocycles. The molecule has 2 rings (SSSR count). The minimum Gasteiger partial charge on any atom is -0.278 e. The third-order valence-electron chi connectivity index (χ3n) is 2.55. The van der Waals surface area contributed by atoms with Crippen LogP contribution in [-0.4, -0.2) is 13.4 Å². The van der Waals surface area contributed by atoms with Crippen LogP contribution in [0.4, 0.5) is 10.1 Å². The normalized spacial score (nSPS) is 11.3. The zero-order chi connectivity index (χ0) is 14.0. The maximum Gasteiger partial charge on any atom is 0.262 e. The number of pyridine rings is 1. The van der Waals surface area contributed by atoms with Gasteiger partial charge >= 0.3 is 0 Å². The molecule has 0 saturated carbocycles. The highest BCUT2D eigenvalue weighted by Crippen LogP contribution is 2.20. The summed E-state index contributed by atoms with van der Waals surface area (Å²) < 4.78 is 39.8. The number of anilines is 1. The Balaban J connectivity index is 2.38. The summed E-state index contributed by atoms with van der Waals surface area (Å²) in [5, 5.41) is 0. The Morgan fingerprint density at radius 1 is 1.16 bits per heavy atom. The van der Waals surface area contributed by atoms with Gasteiger partial charge in [0.25, 0.3) is 10.0 Å². The fraction of sp³-hybridized carbons (Fsp3) is 0.154. The number of hydrogen-bond donors (Lipinski definition) is 1. The van der Waals surface area contributed by atoms with Gasteiger partial charge in [-0.25, -0.2) is 12.8 Å². The monoisotopic (exact) mass is 280 g/mol. The van der Waals surface area contributed by atoms with Crippen LogP contribution in [0.3, 0.4) is 0 Å². The molecule has 0 saturated heterocycles. The lowest BCUT2D eigenvalue weighted by Crippen LogP contribution is -2.14. The lowest BCUT2D eigenvalue weighted by Gasteiger charge is -2.10. The third kappa shape index (κ3) is 3.08. The van der Waals surface area contributed by atoms with Crippen LogP contribution in [-0.2, 0) is 10.0 Å². The molecule has 0 atom stereocenters. The minimum absolute atomic E-state index is 0.0513. The quantitative estimate of drug-likeness (QED) is 0.940. The van der Waals surface area contributed by atoms with Crippen LogP contribution in [0.25, 0.3) is 0 Å². The molecule has 100 valence electrons. The van der Waals surface area contributed by atoms with Gasteiger partial charge in [-0.3, -0.25) is 9.71 Å². The molecule has 0 aliphatic heterocycles. The van der Waals surface area contributed by atoms with Gasteiger partial charge in [0.05, 0.1) is 16.8 Å². The van der Waals surface area contributed by atoms with Crippen molar-refractivity contribution in [3.05, 3.63) is 53.6 Å². The van der Waals surface area contributed by atoms with Gasteiger partial charge in [0, 0.05) is 6.20 Å². The molecule has 1 aromatic heterocycles. The lowest BCUT2D eigenvalue weighted by atomic mass is 10.2. The van der Waals surface area contributed by atoms with E-state index in [1.54, 1.807) is 19.2 Å². The van der Waals surface area contributed by atoms with Gasteiger partial charge in [0.15, 0.2) is 0 Å². The summed E-state index contributed by atoms with van der Waals surface area (Å²) >= 11 is 0. The molecule has 0 spiro atoms. The van der Waals surface area contributed by atoms with Crippen molar-refractivity contribution in [3.63, 3.8) is 0 Å². The van der Waals surface area contributed by atoms with Crippen LogP contribution < -0.4 is 4.72 Å². The van der Waals surface area contributed by atoms with Crippen molar-refractivity contribution in [1.82, 2.24) is 4.98 Å².